The monoisotopic (exact) mass is 368 g/mol. The highest BCUT2D eigenvalue weighted by atomic mass is 79.9. The van der Waals surface area contributed by atoms with E-state index in [4.69, 9.17) is 0 Å². The molecule has 0 atom stereocenters. The van der Waals surface area contributed by atoms with E-state index in [1.165, 1.54) is 11.3 Å². The molecule has 0 aromatic carbocycles. The predicted molar refractivity (Wildman–Crippen MR) is 70.7 cm³/mol. The first-order chi connectivity index (χ1) is 7.54. The molecule has 0 saturated heterocycles. The van der Waals surface area contributed by atoms with E-state index in [1.807, 2.05) is 0 Å². The van der Waals surface area contributed by atoms with Gasteiger partial charge in [0.2, 0.25) is 5.91 Å². The molecule has 0 aliphatic heterocycles. The number of rotatable bonds is 4. The molecule has 2 N–H and O–H groups in total. The molecule has 0 unspecified atom stereocenters. The molecule has 88 valence electrons. The number of thiophene rings is 1. The normalized spacial score (nSPS) is 9.94. The van der Waals surface area contributed by atoms with Crippen molar-refractivity contribution in [2.75, 3.05) is 13.6 Å². The summed E-state index contributed by atoms with van der Waals surface area (Å²) in [6.07, 6.45) is 0.288. The molecule has 1 aromatic rings. The SMILES string of the molecule is CNC(=O)CCNC(=O)c1cc(Br)c(Br)s1. The first-order valence-electron chi connectivity index (χ1n) is 4.48. The van der Waals surface area contributed by atoms with Gasteiger partial charge in [-0.3, -0.25) is 9.59 Å². The zero-order valence-corrected chi connectivity index (χ0v) is 12.5. The van der Waals surface area contributed by atoms with Crippen LogP contribution in [0, 0.1) is 0 Å². The van der Waals surface area contributed by atoms with E-state index in [2.05, 4.69) is 42.5 Å². The van der Waals surface area contributed by atoms with Crippen molar-refractivity contribution in [3.05, 3.63) is 19.2 Å². The Balaban J connectivity index is 2.44. The lowest BCUT2D eigenvalue weighted by Crippen LogP contribution is -2.28. The van der Waals surface area contributed by atoms with Crippen LogP contribution in [-0.4, -0.2) is 25.4 Å². The predicted octanol–water partition coefficient (Wildman–Crippen LogP) is 2.14. The number of halogens is 2. The second-order valence-corrected chi connectivity index (χ2v) is 6.14. The Labute approximate surface area is 114 Å². The summed E-state index contributed by atoms with van der Waals surface area (Å²) in [5.41, 5.74) is 0. The minimum atomic E-state index is -0.166. The molecule has 0 aliphatic rings. The summed E-state index contributed by atoms with van der Waals surface area (Å²) < 4.78 is 1.73. The fourth-order valence-corrected chi connectivity index (χ4v) is 2.91. The number of nitrogens with one attached hydrogen (secondary N) is 2. The van der Waals surface area contributed by atoms with Crippen LogP contribution in [0.4, 0.5) is 0 Å². The van der Waals surface area contributed by atoms with Gasteiger partial charge in [-0.2, -0.15) is 0 Å². The lowest BCUT2D eigenvalue weighted by Gasteiger charge is -2.02. The largest absolute Gasteiger partial charge is 0.359 e. The Morgan fingerprint density at radius 1 is 1.44 bits per heavy atom. The summed E-state index contributed by atoms with van der Waals surface area (Å²) in [6.45, 7) is 0.339. The topological polar surface area (TPSA) is 58.2 Å². The minimum Gasteiger partial charge on any atom is -0.359 e. The summed E-state index contributed by atoms with van der Waals surface area (Å²) in [4.78, 5) is 23.1. The van der Waals surface area contributed by atoms with Crippen LogP contribution in [0.3, 0.4) is 0 Å². The highest BCUT2D eigenvalue weighted by Gasteiger charge is 2.11. The summed E-state index contributed by atoms with van der Waals surface area (Å²) in [5, 5.41) is 5.16. The van der Waals surface area contributed by atoms with Gasteiger partial charge in [0.25, 0.3) is 5.91 Å². The molecule has 0 bridgehead atoms. The third kappa shape index (κ3) is 3.88. The highest BCUT2D eigenvalue weighted by molar-refractivity contribution is 9.13. The lowest BCUT2D eigenvalue weighted by molar-refractivity contribution is -0.120. The zero-order chi connectivity index (χ0) is 12.1. The summed E-state index contributed by atoms with van der Waals surface area (Å²) in [7, 11) is 1.57. The molecular formula is C9H10Br2N2O2S. The second-order valence-electron chi connectivity index (χ2n) is 2.91. The van der Waals surface area contributed by atoms with Crippen molar-refractivity contribution in [1.29, 1.82) is 0 Å². The van der Waals surface area contributed by atoms with Crippen molar-refractivity contribution in [1.82, 2.24) is 10.6 Å². The average Bonchev–Trinajstić information content (AvgIpc) is 2.59. The quantitative estimate of drug-likeness (QED) is 0.854. The van der Waals surface area contributed by atoms with Crippen LogP contribution in [0.25, 0.3) is 0 Å². The average molecular weight is 370 g/mol. The first kappa shape index (κ1) is 13.7. The van der Waals surface area contributed by atoms with Gasteiger partial charge in [-0.1, -0.05) is 0 Å². The van der Waals surface area contributed by atoms with Crippen molar-refractivity contribution in [2.45, 2.75) is 6.42 Å². The van der Waals surface area contributed by atoms with Crippen LogP contribution in [0.15, 0.2) is 14.3 Å². The van der Waals surface area contributed by atoms with E-state index < -0.39 is 0 Å². The number of hydrogen-bond acceptors (Lipinski definition) is 3. The Bertz CT molecular complexity index is 387. The fraction of sp³-hybridized carbons (Fsp3) is 0.333. The van der Waals surface area contributed by atoms with Gasteiger partial charge in [-0.05, 0) is 37.9 Å². The molecule has 0 aliphatic carbocycles. The van der Waals surface area contributed by atoms with Gasteiger partial charge in [0, 0.05) is 24.5 Å². The van der Waals surface area contributed by atoms with E-state index in [1.54, 1.807) is 13.1 Å². The molecule has 16 heavy (non-hydrogen) atoms. The molecule has 0 saturated carbocycles. The molecule has 0 fully saturated rings. The van der Waals surface area contributed by atoms with Gasteiger partial charge in [0.05, 0.1) is 8.66 Å². The number of amides is 2. The molecule has 0 spiro atoms. The van der Waals surface area contributed by atoms with E-state index in [0.717, 1.165) is 8.26 Å². The summed E-state index contributed by atoms with van der Waals surface area (Å²) in [5.74, 6) is -0.255. The second kappa shape index (κ2) is 6.36. The Morgan fingerprint density at radius 2 is 2.12 bits per heavy atom. The third-order valence-electron chi connectivity index (χ3n) is 1.79. The zero-order valence-electron chi connectivity index (χ0n) is 8.47. The van der Waals surface area contributed by atoms with Crippen LogP contribution in [0.1, 0.15) is 16.1 Å². The number of hydrogen-bond donors (Lipinski definition) is 2. The van der Waals surface area contributed by atoms with Gasteiger partial charge in [-0.25, -0.2) is 0 Å². The smallest absolute Gasteiger partial charge is 0.261 e. The fourth-order valence-electron chi connectivity index (χ4n) is 0.960. The number of carbonyl (C=O) groups excluding carboxylic acids is 2. The summed E-state index contributed by atoms with van der Waals surface area (Å²) >= 11 is 7.97. The van der Waals surface area contributed by atoms with Crippen LogP contribution >= 0.6 is 43.2 Å². The number of carbonyl (C=O) groups is 2. The summed E-state index contributed by atoms with van der Waals surface area (Å²) in [6, 6.07) is 1.74. The molecule has 1 aromatic heterocycles. The minimum absolute atomic E-state index is 0.0890. The third-order valence-corrected chi connectivity index (χ3v) is 5.04. The van der Waals surface area contributed by atoms with Crippen LogP contribution in [0.5, 0.6) is 0 Å². The van der Waals surface area contributed by atoms with Crippen LogP contribution in [0.2, 0.25) is 0 Å². The first-order valence-corrected chi connectivity index (χ1v) is 6.88. The van der Waals surface area contributed by atoms with Crippen molar-refractivity contribution in [2.24, 2.45) is 0 Å². The Hall–Kier alpha value is -0.400. The van der Waals surface area contributed by atoms with Crippen molar-refractivity contribution in [3.63, 3.8) is 0 Å². The Kier molecular flexibility index (Phi) is 5.43. The highest BCUT2D eigenvalue weighted by Crippen LogP contribution is 2.32. The molecule has 1 rings (SSSR count). The maximum Gasteiger partial charge on any atom is 0.261 e. The van der Waals surface area contributed by atoms with E-state index in [-0.39, 0.29) is 18.2 Å². The molecule has 1 heterocycles. The van der Waals surface area contributed by atoms with E-state index in [9.17, 15) is 9.59 Å². The standard InChI is InChI=1S/C9H10Br2N2O2S/c1-12-7(14)2-3-13-9(15)6-4-5(10)8(11)16-6/h4H,2-3H2,1H3,(H,12,14)(H,13,15). The van der Waals surface area contributed by atoms with Crippen molar-refractivity contribution >= 4 is 55.0 Å². The van der Waals surface area contributed by atoms with Crippen LogP contribution in [-0.2, 0) is 4.79 Å². The van der Waals surface area contributed by atoms with Crippen molar-refractivity contribution in [3.8, 4) is 0 Å². The van der Waals surface area contributed by atoms with Gasteiger partial charge in [0.15, 0.2) is 0 Å². The van der Waals surface area contributed by atoms with Gasteiger partial charge in [0.1, 0.15) is 0 Å². The Morgan fingerprint density at radius 3 is 2.62 bits per heavy atom. The van der Waals surface area contributed by atoms with E-state index >= 15 is 0 Å². The van der Waals surface area contributed by atoms with Gasteiger partial charge in [-0.15, -0.1) is 11.3 Å². The van der Waals surface area contributed by atoms with Crippen molar-refractivity contribution < 1.29 is 9.59 Å². The van der Waals surface area contributed by atoms with Gasteiger partial charge >= 0.3 is 0 Å². The molecule has 7 heteroatoms. The molecule has 4 nitrogen and oxygen atoms in total. The lowest BCUT2D eigenvalue weighted by atomic mass is 10.4. The van der Waals surface area contributed by atoms with Crippen LogP contribution < -0.4 is 10.6 Å². The van der Waals surface area contributed by atoms with Gasteiger partial charge < -0.3 is 10.6 Å². The maximum atomic E-state index is 11.6. The maximum absolute atomic E-state index is 11.6. The molecule has 0 radical (unpaired) electrons. The molecular weight excluding hydrogens is 360 g/mol. The molecule has 2 amide bonds. The van der Waals surface area contributed by atoms with E-state index in [0.29, 0.717) is 11.4 Å².